The van der Waals surface area contributed by atoms with E-state index in [1.165, 1.54) is 6.92 Å². The highest BCUT2D eigenvalue weighted by Gasteiger charge is 2.23. The summed E-state index contributed by atoms with van der Waals surface area (Å²) in [5.41, 5.74) is 0.717. The molecule has 1 aromatic heterocycles. The van der Waals surface area contributed by atoms with Crippen molar-refractivity contribution in [3.8, 4) is 0 Å². The number of carbonyl (C=O) groups excluding carboxylic acids is 1. The number of aryl methyl sites for hydroxylation is 1. The van der Waals surface area contributed by atoms with Gasteiger partial charge in [0.1, 0.15) is 11.1 Å². The minimum absolute atomic E-state index is 0.339. The molecule has 0 bridgehead atoms. The number of nitrogens with zero attached hydrogens (tertiary/aromatic N) is 1. The summed E-state index contributed by atoms with van der Waals surface area (Å²) in [6.07, 6.45) is 1.03. The summed E-state index contributed by atoms with van der Waals surface area (Å²) in [5.74, 6) is -0.243. The number of aromatic nitrogens is 1. The molecule has 0 spiro atoms. The van der Waals surface area contributed by atoms with Crippen molar-refractivity contribution in [3.05, 3.63) is 22.3 Å². The highest BCUT2D eigenvalue weighted by atomic mass is 79.9. The Bertz CT molecular complexity index is 542. The van der Waals surface area contributed by atoms with Crippen LogP contribution in [-0.2, 0) is 14.6 Å². The maximum absolute atomic E-state index is 11.6. The van der Waals surface area contributed by atoms with Crippen LogP contribution in [0.3, 0.4) is 0 Å². The molecule has 1 aromatic rings. The Balaban J connectivity index is 2.85. The Morgan fingerprint density at radius 3 is 2.53 bits per heavy atom. The molecule has 0 radical (unpaired) electrons. The van der Waals surface area contributed by atoms with Gasteiger partial charge in [0.15, 0.2) is 9.84 Å². The quantitative estimate of drug-likeness (QED) is 0.916. The van der Waals surface area contributed by atoms with E-state index in [1.54, 1.807) is 19.1 Å². The van der Waals surface area contributed by atoms with Crippen molar-refractivity contribution in [3.63, 3.8) is 0 Å². The summed E-state index contributed by atoms with van der Waals surface area (Å²) >= 11 is 3.29. The lowest BCUT2D eigenvalue weighted by molar-refractivity contribution is -0.115. The summed E-state index contributed by atoms with van der Waals surface area (Å²) < 4.78 is 23.2. The van der Waals surface area contributed by atoms with Crippen LogP contribution in [0.4, 0.5) is 5.82 Å². The van der Waals surface area contributed by atoms with Crippen molar-refractivity contribution < 1.29 is 13.2 Å². The van der Waals surface area contributed by atoms with Crippen molar-refractivity contribution in [2.75, 3.05) is 11.6 Å². The van der Waals surface area contributed by atoms with Crippen LogP contribution < -0.4 is 5.32 Å². The van der Waals surface area contributed by atoms with Gasteiger partial charge in [-0.05, 0) is 41.9 Å². The number of amides is 1. The number of anilines is 1. The molecule has 0 saturated carbocycles. The Kier molecular flexibility index (Phi) is 4.26. The summed E-state index contributed by atoms with van der Waals surface area (Å²) in [5, 5.41) is 1.38. The molecule has 0 aliphatic rings. The van der Waals surface area contributed by atoms with E-state index < -0.39 is 21.0 Å². The van der Waals surface area contributed by atoms with Gasteiger partial charge in [-0.2, -0.15) is 0 Å². The molecule has 17 heavy (non-hydrogen) atoms. The van der Waals surface area contributed by atoms with Gasteiger partial charge in [0, 0.05) is 10.7 Å². The first-order valence-electron chi connectivity index (χ1n) is 4.84. The van der Waals surface area contributed by atoms with E-state index in [0.29, 0.717) is 5.82 Å². The van der Waals surface area contributed by atoms with Crippen molar-refractivity contribution in [1.29, 1.82) is 0 Å². The van der Waals surface area contributed by atoms with Gasteiger partial charge in [-0.25, -0.2) is 13.4 Å². The molecule has 1 rings (SSSR count). The normalized spacial score (nSPS) is 13.2. The summed E-state index contributed by atoms with van der Waals surface area (Å²) in [4.78, 5) is 15.7. The summed E-state index contributed by atoms with van der Waals surface area (Å²) in [6.45, 7) is 3.12. The third kappa shape index (κ3) is 3.78. The highest BCUT2D eigenvalue weighted by molar-refractivity contribution is 9.10. The first-order chi connectivity index (χ1) is 7.71. The van der Waals surface area contributed by atoms with Gasteiger partial charge in [-0.3, -0.25) is 4.79 Å². The van der Waals surface area contributed by atoms with Crippen LogP contribution >= 0.6 is 15.9 Å². The smallest absolute Gasteiger partial charge is 0.243 e. The first kappa shape index (κ1) is 14.1. The predicted octanol–water partition coefficient (Wildman–Crippen LogP) is 1.52. The Hall–Kier alpha value is -0.950. The minimum Gasteiger partial charge on any atom is -0.310 e. The van der Waals surface area contributed by atoms with E-state index in [9.17, 15) is 13.2 Å². The number of hydrogen-bond acceptors (Lipinski definition) is 4. The van der Waals surface area contributed by atoms with Crippen molar-refractivity contribution >= 4 is 37.5 Å². The Labute approximate surface area is 109 Å². The van der Waals surface area contributed by atoms with E-state index in [0.717, 1.165) is 16.4 Å². The SMILES string of the molecule is Cc1nc(NC(=O)C(C)S(C)(=O)=O)ccc1Br. The maximum Gasteiger partial charge on any atom is 0.243 e. The fourth-order valence-corrected chi connectivity index (χ4v) is 1.70. The van der Waals surface area contributed by atoms with Gasteiger partial charge < -0.3 is 5.32 Å². The molecule has 0 saturated heterocycles. The molecule has 5 nitrogen and oxygen atoms in total. The number of pyridine rings is 1. The number of nitrogens with one attached hydrogen (secondary N) is 1. The van der Waals surface area contributed by atoms with Crippen molar-refractivity contribution in [1.82, 2.24) is 4.98 Å². The standard InChI is InChI=1S/C10H13BrN2O3S/c1-6-8(11)4-5-9(12-6)13-10(14)7(2)17(3,15)16/h4-5,7H,1-3H3,(H,12,13,14). The van der Waals surface area contributed by atoms with Crippen LogP contribution in [0.2, 0.25) is 0 Å². The van der Waals surface area contributed by atoms with E-state index in [1.807, 2.05) is 0 Å². The largest absolute Gasteiger partial charge is 0.310 e. The Morgan fingerprint density at radius 2 is 2.06 bits per heavy atom. The monoisotopic (exact) mass is 320 g/mol. The van der Waals surface area contributed by atoms with Gasteiger partial charge in [0.2, 0.25) is 5.91 Å². The first-order valence-corrected chi connectivity index (χ1v) is 7.59. The van der Waals surface area contributed by atoms with Crippen LogP contribution in [0, 0.1) is 6.92 Å². The number of hydrogen-bond donors (Lipinski definition) is 1. The molecule has 1 N–H and O–H groups in total. The molecule has 1 unspecified atom stereocenters. The molecule has 0 aromatic carbocycles. The maximum atomic E-state index is 11.6. The molecule has 1 atom stereocenters. The van der Waals surface area contributed by atoms with E-state index in [2.05, 4.69) is 26.2 Å². The number of carbonyl (C=O) groups is 1. The van der Waals surface area contributed by atoms with Gasteiger partial charge in [0.05, 0.1) is 5.69 Å². The molecular weight excluding hydrogens is 308 g/mol. The third-order valence-electron chi connectivity index (χ3n) is 2.28. The molecule has 1 amide bonds. The lowest BCUT2D eigenvalue weighted by Gasteiger charge is -2.10. The number of halogens is 1. The van der Waals surface area contributed by atoms with Gasteiger partial charge >= 0.3 is 0 Å². The van der Waals surface area contributed by atoms with Crippen LogP contribution in [-0.4, -0.2) is 30.8 Å². The molecule has 94 valence electrons. The van der Waals surface area contributed by atoms with Crippen molar-refractivity contribution in [2.45, 2.75) is 19.1 Å². The second-order valence-electron chi connectivity index (χ2n) is 3.72. The van der Waals surface area contributed by atoms with E-state index in [4.69, 9.17) is 0 Å². The number of rotatable bonds is 3. The fourth-order valence-electron chi connectivity index (χ4n) is 1.04. The second-order valence-corrected chi connectivity index (χ2v) is 6.95. The summed E-state index contributed by atoms with van der Waals surface area (Å²) in [6, 6.07) is 3.34. The average Bonchev–Trinajstić information content (AvgIpc) is 2.21. The zero-order chi connectivity index (χ0) is 13.2. The zero-order valence-corrected chi connectivity index (χ0v) is 12.1. The van der Waals surface area contributed by atoms with Crippen LogP contribution in [0.1, 0.15) is 12.6 Å². The van der Waals surface area contributed by atoms with Crippen LogP contribution in [0.15, 0.2) is 16.6 Å². The van der Waals surface area contributed by atoms with Gasteiger partial charge in [-0.15, -0.1) is 0 Å². The molecule has 0 aliphatic carbocycles. The zero-order valence-electron chi connectivity index (χ0n) is 9.69. The number of sulfone groups is 1. The molecule has 7 heteroatoms. The topological polar surface area (TPSA) is 76.1 Å². The summed E-state index contributed by atoms with van der Waals surface area (Å²) in [7, 11) is -3.39. The molecule has 0 aliphatic heterocycles. The lowest BCUT2D eigenvalue weighted by atomic mass is 10.3. The third-order valence-corrected chi connectivity index (χ3v) is 4.62. The average molecular weight is 321 g/mol. The van der Waals surface area contributed by atoms with Crippen LogP contribution in [0.25, 0.3) is 0 Å². The van der Waals surface area contributed by atoms with E-state index in [-0.39, 0.29) is 0 Å². The minimum atomic E-state index is -3.39. The molecule has 1 heterocycles. The van der Waals surface area contributed by atoms with Gasteiger partial charge in [-0.1, -0.05) is 0 Å². The van der Waals surface area contributed by atoms with E-state index >= 15 is 0 Å². The van der Waals surface area contributed by atoms with Crippen molar-refractivity contribution in [2.24, 2.45) is 0 Å². The molecule has 0 fully saturated rings. The lowest BCUT2D eigenvalue weighted by Crippen LogP contribution is -2.32. The second kappa shape index (κ2) is 5.14. The van der Waals surface area contributed by atoms with Crippen LogP contribution in [0.5, 0.6) is 0 Å². The van der Waals surface area contributed by atoms with Gasteiger partial charge in [0.25, 0.3) is 0 Å². The predicted molar refractivity (Wildman–Crippen MR) is 69.6 cm³/mol. The Morgan fingerprint density at radius 1 is 1.47 bits per heavy atom. The highest BCUT2D eigenvalue weighted by Crippen LogP contribution is 2.16. The fraction of sp³-hybridized carbons (Fsp3) is 0.400. The molecular formula is C10H13BrN2O3S.